The van der Waals surface area contributed by atoms with Crippen LogP contribution in [0, 0.1) is 35.5 Å². The molecular formula is C22H18ClN5OS. The lowest BCUT2D eigenvalue weighted by Crippen LogP contribution is -2.41. The third-order valence-corrected chi connectivity index (χ3v) is 6.79. The average molecular weight is 436 g/mol. The summed E-state index contributed by atoms with van der Waals surface area (Å²) < 4.78 is 6.33. The summed E-state index contributed by atoms with van der Waals surface area (Å²) in [6.07, 6.45) is 0. The molecule has 0 saturated heterocycles. The molecule has 1 aromatic carbocycles. The average Bonchev–Trinajstić information content (AvgIpc) is 3.32. The van der Waals surface area contributed by atoms with E-state index in [1.165, 1.54) is 11.3 Å². The molecule has 1 aliphatic rings. The normalized spacial score (nSPS) is 18.0. The minimum atomic E-state index is -0.924. The van der Waals surface area contributed by atoms with Crippen LogP contribution in [0.3, 0.4) is 0 Å². The Morgan fingerprint density at radius 3 is 2.60 bits per heavy atom. The van der Waals surface area contributed by atoms with Gasteiger partial charge in [-0.15, -0.1) is 16.4 Å². The Hall–Kier alpha value is -3.26. The number of allylic oxidation sites excluding steroid dienone is 1. The third kappa shape index (κ3) is 2.79. The first-order valence-electron chi connectivity index (χ1n) is 9.27. The van der Waals surface area contributed by atoms with Crippen molar-refractivity contribution in [2.75, 3.05) is 0 Å². The number of aryl methyl sites for hydroxylation is 1. The first-order chi connectivity index (χ1) is 14.3. The minimum absolute atomic E-state index is 0.0216. The van der Waals surface area contributed by atoms with E-state index in [0.29, 0.717) is 21.4 Å². The number of nitrogens with zero attached hydrogens (tertiary/aromatic N) is 3. The number of thiophene rings is 1. The minimum Gasteiger partial charge on any atom is -0.420 e. The lowest BCUT2D eigenvalue weighted by Gasteiger charge is -2.41. The molecule has 150 valence electrons. The van der Waals surface area contributed by atoms with Crippen molar-refractivity contribution in [2.24, 2.45) is 11.7 Å². The van der Waals surface area contributed by atoms with Crippen LogP contribution in [0.4, 0.5) is 0 Å². The maximum absolute atomic E-state index is 10.1. The van der Waals surface area contributed by atoms with Gasteiger partial charge in [-0.1, -0.05) is 25.4 Å². The molecule has 2 aromatic heterocycles. The van der Waals surface area contributed by atoms with Crippen molar-refractivity contribution in [2.45, 2.75) is 26.2 Å². The van der Waals surface area contributed by atoms with Gasteiger partial charge in [0, 0.05) is 10.6 Å². The summed E-state index contributed by atoms with van der Waals surface area (Å²) in [4.78, 5) is 0.934. The van der Waals surface area contributed by atoms with E-state index in [9.17, 15) is 10.5 Å². The summed E-state index contributed by atoms with van der Waals surface area (Å²) in [5.74, 6) is 0.285. The van der Waals surface area contributed by atoms with Crippen LogP contribution >= 0.6 is 22.9 Å². The highest BCUT2D eigenvalue weighted by atomic mass is 35.5. The fourth-order valence-corrected chi connectivity index (χ4v) is 5.32. The molecule has 0 fully saturated rings. The molecule has 1 unspecified atom stereocenters. The van der Waals surface area contributed by atoms with Gasteiger partial charge in [-0.05, 0) is 54.3 Å². The number of nitrogens with one attached hydrogen (secondary N) is 1. The number of hydrogen-bond acceptors (Lipinski definition) is 6. The number of aromatic nitrogens is 2. The first kappa shape index (κ1) is 20.0. The molecule has 0 spiro atoms. The molecule has 3 heterocycles. The highest BCUT2D eigenvalue weighted by molar-refractivity contribution is 7.19. The van der Waals surface area contributed by atoms with E-state index in [1.54, 1.807) is 0 Å². The van der Waals surface area contributed by atoms with Crippen molar-refractivity contribution in [1.82, 2.24) is 10.2 Å². The molecule has 1 aliphatic heterocycles. The van der Waals surface area contributed by atoms with E-state index >= 15 is 0 Å². The molecule has 30 heavy (non-hydrogen) atoms. The molecule has 3 N–H and O–H groups in total. The lowest BCUT2D eigenvalue weighted by molar-refractivity contribution is 0.323. The van der Waals surface area contributed by atoms with Crippen LogP contribution in [-0.2, 0) is 5.41 Å². The summed E-state index contributed by atoms with van der Waals surface area (Å²) in [7, 11) is 0. The Morgan fingerprint density at radius 2 is 2.00 bits per heavy atom. The summed E-state index contributed by atoms with van der Waals surface area (Å²) in [6, 6.07) is 13.9. The molecule has 0 amide bonds. The Balaban J connectivity index is 2.11. The van der Waals surface area contributed by atoms with Gasteiger partial charge in [-0.3, -0.25) is 5.10 Å². The molecule has 8 heteroatoms. The number of fused-ring (bicyclic) bond motifs is 1. The van der Waals surface area contributed by atoms with Crippen LogP contribution < -0.4 is 10.5 Å². The molecule has 3 aromatic rings. The number of rotatable bonds is 3. The van der Waals surface area contributed by atoms with E-state index in [0.717, 1.165) is 27.3 Å². The summed E-state index contributed by atoms with van der Waals surface area (Å²) in [5.41, 5.74) is 9.22. The van der Waals surface area contributed by atoms with Crippen LogP contribution in [-0.4, -0.2) is 10.2 Å². The highest BCUT2D eigenvalue weighted by Gasteiger charge is 2.50. The zero-order valence-corrected chi connectivity index (χ0v) is 18.1. The van der Waals surface area contributed by atoms with E-state index in [1.807, 2.05) is 51.1 Å². The van der Waals surface area contributed by atoms with E-state index in [-0.39, 0.29) is 11.8 Å². The second-order valence-electron chi connectivity index (χ2n) is 7.46. The smallest absolute Gasteiger partial charge is 0.244 e. The topological polar surface area (TPSA) is 112 Å². The molecule has 0 bridgehead atoms. The predicted molar refractivity (Wildman–Crippen MR) is 116 cm³/mol. The lowest BCUT2D eigenvalue weighted by atomic mass is 9.61. The number of halogens is 1. The van der Waals surface area contributed by atoms with E-state index in [2.05, 4.69) is 22.3 Å². The maximum Gasteiger partial charge on any atom is 0.244 e. The van der Waals surface area contributed by atoms with Gasteiger partial charge in [0.2, 0.25) is 11.8 Å². The summed E-state index contributed by atoms with van der Waals surface area (Å²) >= 11 is 7.58. The molecule has 4 rings (SSSR count). The fourth-order valence-electron chi connectivity index (χ4n) is 4.29. The van der Waals surface area contributed by atoms with Crippen LogP contribution in [0.5, 0.6) is 5.88 Å². The van der Waals surface area contributed by atoms with Crippen molar-refractivity contribution in [1.29, 1.82) is 10.5 Å². The number of aromatic amines is 1. The van der Waals surface area contributed by atoms with Crippen molar-refractivity contribution >= 4 is 22.9 Å². The van der Waals surface area contributed by atoms with Gasteiger partial charge in [-0.2, -0.15) is 10.5 Å². The van der Waals surface area contributed by atoms with Gasteiger partial charge >= 0.3 is 0 Å². The second kappa shape index (κ2) is 7.21. The Bertz CT molecular complexity index is 1270. The van der Waals surface area contributed by atoms with Crippen LogP contribution in [0.1, 0.15) is 36.2 Å². The second-order valence-corrected chi connectivity index (χ2v) is 9.17. The zero-order valence-electron chi connectivity index (χ0n) is 16.6. The van der Waals surface area contributed by atoms with Gasteiger partial charge in [0.05, 0.1) is 26.9 Å². The summed E-state index contributed by atoms with van der Waals surface area (Å²) in [6.45, 7) is 5.93. The number of nitrogens with two attached hydrogens (primary N) is 1. The predicted octanol–water partition coefficient (Wildman–Crippen LogP) is 5.00. The first-order valence-corrected chi connectivity index (χ1v) is 10.5. The van der Waals surface area contributed by atoms with Gasteiger partial charge < -0.3 is 10.5 Å². The molecule has 6 nitrogen and oxygen atoms in total. The zero-order chi connectivity index (χ0) is 21.6. The quantitative estimate of drug-likeness (QED) is 0.601. The third-order valence-electron chi connectivity index (χ3n) is 5.51. The highest BCUT2D eigenvalue weighted by Crippen LogP contribution is 2.53. The Labute approximate surface area is 183 Å². The van der Waals surface area contributed by atoms with Gasteiger partial charge in [-0.25, -0.2) is 0 Å². The van der Waals surface area contributed by atoms with Crippen LogP contribution in [0.2, 0.25) is 4.34 Å². The van der Waals surface area contributed by atoms with Crippen molar-refractivity contribution in [3.8, 4) is 28.5 Å². The molecule has 1 atom stereocenters. The molecule has 0 aliphatic carbocycles. The summed E-state index contributed by atoms with van der Waals surface area (Å²) in [5, 5.41) is 27.0. The number of hydrogen-bond donors (Lipinski definition) is 2. The van der Waals surface area contributed by atoms with Gasteiger partial charge in [0.15, 0.2) is 0 Å². The Morgan fingerprint density at radius 1 is 1.23 bits per heavy atom. The monoisotopic (exact) mass is 435 g/mol. The molecule has 0 saturated carbocycles. The van der Waals surface area contributed by atoms with Crippen molar-refractivity contribution < 1.29 is 4.74 Å². The number of H-pyrrole nitrogens is 1. The largest absolute Gasteiger partial charge is 0.420 e. The maximum atomic E-state index is 10.1. The van der Waals surface area contributed by atoms with Crippen LogP contribution in [0.25, 0.3) is 10.4 Å². The number of ether oxygens (including phenoxy) is 1. The SMILES string of the molecule is Cc1[nH]nc2c1C(c1cc(C#N)cc(-c3ccc(Cl)s3)c1)(C(C)C)C(C#N)=C(N)O2. The van der Waals surface area contributed by atoms with E-state index < -0.39 is 5.41 Å². The van der Waals surface area contributed by atoms with Crippen molar-refractivity contribution in [3.63, 3.8) is 0 Å². The van der Waals surface area contributed by atoms with Gasteiger partial charge in [0.25, 0.3) is 0 Å². The standard InChI is InChI=1S/C22H18ClN5OS/c1-11(2)22(16(10-25)20(26)29-21-19(22)12(3)27-28-21)15-7-13(9-24)6-14(8-15)17-4-5-18(23)30-17/h4-8,11H,26H2,1-3H3,(H,27,28). The number of benzene rings is 1. The molecular weight excluding hydrogens is 418 g/mol. The van der Waals surface area contributed by atoms with Crippen LogP contribution in [0.15, 0.2) is 41.8 Å². The van der Waals surface area contributed by atoms with E-state index in [4.69, 9.17) is 22.1 Å². The fraction of sp³-hybridized carbons (Fsp3) is 0.227. The number of nitriles is 2. The molecule has 0 radical (unpaired) electrons. The Kier molecular flexibility index (Phi) is 4.82. The van der Waals surface area contributed by atoms with Gasteiger partial charge in [0.1, 0.15) is 11.6 Å². The van der Waals surface area contributed by atoms with Crippen molar-refractivity contribution in [3.05, 3.63) is 68.5 Å².